The number of aryl methyl sites for hydroxylation is 1. The van der Waals surface area contributed by atoms with E-state index in [1.165, 1.54) is 0 Å². The molecule has 0 heterocycles. The highest BCUT2D eigenvalue weighted by atomic mass is 16.5. The Balaban J connectivity index is 0.00000163. The molecule has 0 unspecified atom stereocenters. The first kappa shape index (κ1) is 21.2. The van der Waals surface area contributed by atoms with E-state index >= 15 is 0 Å². The Kier molecular flexibility index (Phi) is 9.49. The van der Waals surface area contributed by atoms with Gasteiger partial charge in [-0.1, -0.05) is 42.5 Å². The van der Waals surface area contributed by atoms with Gasteiger partial charge in [-0.3, -0.25) is 9.59 Å². The number of benzene rings is 2. The van der Waals surface area contributed by atoms with Crippen LogP contribution in [0.2, 0.25) is 0 Å². The minimum Gasteiger partial charge on any atom is -0.484 e. The lowest BCUT2D eigenvalue weighted by Crippen LogP contribution is -2.30. The van der Waals surface area contributed by atoms with Crippen LogP contribution in [0.1, 0.15) is 17.5 Å². The van der Waals surface area contributed by atoms with E-state index in [4.69, 9.17) is 14.9 Å². The number of carboxylic acid groups (broad SMARTS) is 1. The van der Waals surface area contributed by atoms with Crippen molar-refractivity contribution in [3.63, 3.8) is 0 Å². The lowest BCUT2D eigenvalue weighted by Gasteiger charge is -2.17. The van der Waals surface area contributed by atoms with Crippen molar-refractivity contribution in [3.8, 4) is 5.75 Å². The summed E-state index contributed by atoms with van der Waals surface area (Å²) in [5, 5.41) is 15.7. The van der Waals surface area contributed by atoms with Crippen LogP contribution in [0.4, 0.5) is 0 Å². The maximum absolute atomic E-state index is 12.1. The Bertz CT molecular complexity index is 670. The number of carboxylic acids is 1. The quantitative estimate of drug-likeness (QED) is 0.755. The normalized spacial score (nSPS) is 9.65. The summed E-state index contributed by atoms with van der Waals surface area (Å²) in [5.74, 6) is -0.327. The molecule has 26 heavy (non-hydrogen) atoms. The number of hydrogen-bond acceptors (Lipinski definition) is 4. The SMILES string of the molecule is CN(Cc1ccccc1)C(=O)COc1ccc(CCC(=O)O)cc1.CO. The minimum atomic E-state index is -0.817. The van der Waals surface area contributed by atoms with Gasteiger partial charge in [0.1, 0.15) is 5.75 Å². The van der Waals surface area contributed by atoms with Crippen molar-refractivity contribution in [2.75, 3.05) is 20.8 Å². The zero-order valence-electron chi connectivity index (χ0n) is 15.1. The Morgan fingerprint density at radius 2 is 1.58 bits per heavy atom. The summed E-state index contributed by atoms with van der Waals surface area (Å²) in [7, 11) is 2.74. The van der Waals surface area contributed by atoms with Gasteiger partial charge in [0.2, 0.25) is 0 Å². The second-order valence-electron chi connectivity index (χ2n) is 5.56. The van der Waals surface area contributed by atoms with Gasteiger partial charge in [0.15, 0.2) is 6.61 Å². The highest BCUT2D eigenvalue weighted by Crippen LogP contribution is 2.14. The molecular formula is C20H25NO5. The van der Waals surface area contributed by atoms with Crippen LogP contribution in [0.25, 0.3) is 0 Å². The van der Waals surface area contributed by atoms with Crippen LogP contribution >= 0.6 is 0 Å². The van der Waals surface area contributed by atoms with E-state index in [9.17, 15) is 9.59 Å². The van der Waals surface area contributed by atoms with Gasteiger partial charge in [-0.25, -0.2) is 0 Å². The number of ether oxygens (including phenoxy) is 1. The van der Waals surface area contributed by atoms with E-state index in [0.29, 0.717) is 18.7 Å². The number of nitrogens with zero attached hydrogens (tertiary/aromatic N) is 1. The van der Waals surface area contributed by atoms with Gasteiger partial charge in [0.25, 0.3) is 5.91 Å². The summed E-state index contributed by atoms with van der Waals surface area (Å²) in [6.45, 7) is 0.509. The first-order valence-electron chi connectivity index (χ1n) is 8.21. The fraction of sp³-hybridized carbons (Fsp3) is 0.300. The molecule has 0 radical (unpaired) electrons. The van der Waals surface area contributed by atoms with Crippen molar-refractivity contribution in [1.82, 2.24) is 4.90 Å². The predicted octanol–water partition coefficient (Wildman–Crippen LogP) is 2.35. The summed E-state index contributed by atoms with van der Waals surface area (Å²) < 4.78 is 5.50. The van der Waals surface area contributed by atoms with Crippen molar-refractivity contribution in [2.24, 2.45) is 0 Å². The van der Waals surface area contributed by atoms with E-state index in [0.717, 1.165) is 18.2 Å². The standard InChI is InChI=1S/C19H21NO4.CH4O/c1-20(13-16-5-3-2-4-6-16)18(21)14-24-17-10-7-15(8-11-17)9-12-19(22)23;1-2/h2-8,10-11H,9,12-14H2,1H3,(H,22,23);2H,1H3. The Morgan fingerprint density at radius 1 is 0.962 bits per heavy atom. The number of aliphatic hydroxyl groups is 1. The number of rotatable bonds is 8. The van der Waals surface area contributed by atoms with Gasteiger partial charge in [-0.2, -0.15) is 0 Å². The van der Waals surface area contributed by atoms with Gasteiger partial charge in [0.05, 0.1) is 0 Å². The summed E-state index contributed by atoms with van der Waals surface area (Å²) in [5.41, 5.74) is 1.99. The largest absolute Gasteiger partial charge is 0.484 e. The third-order valence-corrected chi connectivity index (χ3v) is 3.60. The van der Waals surface area contributed by atoms with E-state index in [1.807, 2.05) is 42.5 Å². The van der Waals surface area contributed by atoms with E-state index in [1.54, 1.807) is 24.1 Å². The molecule has 0 atom stereocenters. The van der Waals surface area contributed by atoms with Crippen molar-refractivity contribution >= 4 is 11.9 Å². The molecular weight excluding hydrogens is 334 g/mol. The average Bonchev–Trinajstić information content (AvgIpc) is 2.67. The predicted molar refractivity (Wildman–Crippen MR) is 99.0 cm³/mol. The number of carbonyl (C=O) groups is 2. The van der Waals surface area contributed by atoms with E-state index in [2.05, 4.69) is 0 Å². The second-order valence-corrected chi connectivity index (χ2v) is 5.56. The number of carbonyl (C=O) groups excluding carboxylic acids is 1. The Morgan fingerprint density at radius 3 is 2.15 bits per heavy atom. The first-order valence-corrected chi connectivity index (χ1v) is 8.21. The van der Waals surface area contributed by atoms with Crippen LogP contribution in [0.3, 0.4) is 0 Å². The van der Waals surface area contributed by atoms with Crippen LogP contribution in [-0.2, 0) is 22.6 Å². The number of aliphatic hydroxyl groups excluding tert-OH is 1. The summed E-state index contributed by atoms with van der Waals surface area (Å²) in [6.07, 6.45) is 0.581. The van der Waals surface area contributed by atoms with Gasteiger partial charge < -0.3 is 19.8 Å². The van der Waals surface area contributed by atoms with Gasteiger partial charge >= 0.3 is 5.97 Å². The molecule has 0 aliphatic carbocycles. The van der Waals surface area contributed by atoms with Crippen molar-refractivity contribution in [1.29, 1.82) is 0 Å². The molecule has 2 aromatic carbocycles. The number of amides is 1. The second kappa shape index (κ2) is 11.7. The fourth-order valence-electron chi connectivity index (χ4n) is 2.20. The minimum absolute atomic E-state index is 0.0300. The van der Waals surface area contributed by atoms with Crippen molar-refractivity contribution in [3.05, 3.63) is 65.7 Å². The summed E-state index contributed by atoms with van der Waals surface area (Å²) >= 11 is 0. The third-order valence-electron chi connectivity index (χ3n) is 3.60. The maximum Gasteiger partial charge on any atom is 0.303 e. The number of aliphatic carboxylic acids is 1. The summed E-state index contributed by atoms with van der Waals surface area (Å²) in [4.78, 5) is 24.3. The molecule has 6 heteroatoms. The van der Waals surface area contributed by atoms with Crippen LogP contribution in [-0.4, -0.2) is 47.8 Å². The first-order chi connectivity index (χ1) is 12.5. The molecule has 1 amide bonds. The van der Waals surface area contributed by atoms with Gasteiger partial charge in [-0.15, -0.1) is 0 Å². The lowest BCUT2D eigenvalue weighted by atomic mass is 10.1. The molecule has 0 aliphatic rings. The monoisotopic (exact) mass is 359 g/mol. The molecule has 0 saturated heterocycles. The van der Waals surface area contributed by atoms with Crippen molar-refractivity contribution < 1.29 is 24.5 Å². The lowest BCUT2D eigenvalue weighted by molar-refractivity contribution is -0.137. The molecule has 2 aromatic rings. The summed E-state index contributed by atoms with van der Waals surface area (Å²) in [6, 6.07) is 16.9. The van der Waals surface area contributed by atoms with Gasteiger partial charge in [-0.05, 0) is 29.7 Å². The molecule has 2 rings (SSSR count). The smallest absolute Gasteiger partial charge is 0.303 e. The average molecular weight is 359 g/mol. The Labute approximate surface area is 153 Å². The third kappa shape index (κ3) is 7.81. The number of likely N-dealkylation sites (N-methyl/N-ethyl adjacent to an activating group) is 1. The molecule has 0 saturated carbocycles. The van der Waals surface area contributed by atoms with E-state index in [-0.39, 0.29) is 18.9 Å². The van der Waals surface area contributed by atoms with E-state index < -0.39 is 5.97 Å². The fourth-order valence-corrected chi connectivity index (χ4v) is 2.20. The molecule has 140 valence electrons. The molecule has 0 aromatic heterocycles. The highest BCUT2D eigenvalue weighted by molar-refractivity contribution is 5.77. The zero-order chi connectivity index (χ0) is 19.4. The molecule has 2 N–H and O–H groups in total. The van der Waals surface area contributed by atoms with Crippen LogP contribution in [0, 0.1) is 0 Å². The topological polar surface area (TPSA) is 87.1 Å². The molecule has 0 bridgehead atoms. The molecule has 0 spiro atoms. The van der Waals surface area contributed by atoms with Crippen LogP contribution in [0.15, 0.2) is 54.6 Å². The highest BCUT2D eigenvalue weighted by Gasteiger charge is 2.10. The zero-order valence-corrected chi connectivity index (χ0v) is 15.1. The molecule has 6 nitrogen and oxygen atoms in total. The molecule has 0 aliphatic heterocycles. The maximum atomic E-state index is 12.1. The number of hydrogen-bond donors (Lipinski definition) is 2. The van der Waals surface area contributed by atoms with Gasteiger partial charge in [0, 0.05) is 27.1 Å². The van der Waals surface area contributed by atoms with Crippen molar-refractivity contribution in [2.45, 2.75) is 19.4 Å². The van der Waals surface area contributed by atoms with Crippen LogP contribution in [0.5, 0.6) is 5.75 Å². The molecule has 0 fully saturated rings. The Hall–Kier alpha value is -2.86. The van der Waals surface area contributed by atoms with Crippen LogP contribution < -0.4 is 4.74 Å².